The lowest BCUT2D eigenvalue weighted by molar-refractivity contribution is 0.0976. The molecule has 3 rings (SSSR count). The minimum atomic E-state index is -0.336. The molecule has 24 heavy (non-hydrogen) atoms. The van der Waals surface area contributed by atoms with Crippen LogP contribution in [0.15, 0.2) is 36.4 Å². The van der Waals surface area contributed by atoms with Crippen LogP contribution in [0.2, 0.25) is 0 Å². The number of aromatic hydroxyl groups is 1. The van der Waals surface area contributed by atoms with Crippen molar-refractivity contribution in [2.75, 3.05) is 27.2 Å². The summed E-state index contributed by atoms with van der Waals surface area (Å²) < 4.78 is 5.62. The van der Waals surface area contributed by atoms with E-state index in [4.69, 9.17) is 4.74 Å². The summed E-state index contributed by atoms with van der Waals surface area (Å²) in [6.45, 7) is 1.34. The number of phenolic OH excluding ortho intramolecular Hbond substituents is 1. The topological polar surface area (TPSA) is 66.8 Å². The predicted octanol–water partition coefficient (Wildman–Crippen LogP) is 2.50. The molecule has 1 aliphatic rings. The molecule has 0 bridgehead atoms. The van der Waals surface area contributed by atoms with Crippen LogP contribution in [0.4, 0.5) is 0 Å². The highest BCUT2D eigenvalue weighted by Crippen LogP contribution is 2.35. The highest BCUT2D eigenvalue weighted by molar-refractivity contribution is 6.29. The lowest BCUT2D eigenvalue weighted by atomic mass is 9.83. The predicted molar refractivity (Wildman–Crippen MR) is 90.1 cm³/mol. The molecule has 124 valence electrons. The fraction of sp³-hybridized carbons (Fsp3) is 0.263. The molecular weight excluding hydrogens is 306 g/mol. The van der Waals surface area contributed by atoms with Gasteiger partial charge in [-0.15, -0.1) is 0 Å². The van der Waals surface area contributed by atoms with Crippen LogP contribution < -0.4 is 4.74 Å². The summed E-state index contributed by atoms with van der Waals surface area (Å²) in [5.74, 6) is -0.431. The van der Waals surface area contributed by atoms with Crippen LogP contribution in [0, 0.1) is 0 Å². The van der Waals surface area contributed by atoms with Crippen molar-refractivity contribution in [3.05, 3.63) is 58.7 Å². The van der Waals surface area contributed by atoms with Crippen LogP contribution in [0.3, 0.4) is 0 Å². The number of ether oxygens (including phenoxy) is 1. The Hall–Kier alpha value is -2.66. The van der Waals surface area contributed by atoms with E-state index in [1.54, 1.807) is 30.3 Å². The van der Waals surface area contributed by atoms with E-state index in [1.165, 1.54) is 6.07 Å². The van der Waals surface area contributed by atoms with Gasteiger partial charge in [0.05, 0.1) is 12.2 Å². The first kappa shape index (κ1) is 16.2. The van der Waals surface area contributed by atoms with Crippen molar-refractivity contribution in [2.24, 2.45) is 0 Å². The van der Waals surface area contributed by atoms with Crippen molar-refractivity contribution < 1.29 is 19.4 Å². The fourth-order valence-electron chi connectivity index (χ4n) is 2.83. The maximum atomic E-state index is 12.7. The van der Waals surface area contributed by atoms with Crippen molar-refractivity contribution in [1.29, 1.82) is 0 Å². The number of rotatable bonds is 5. The number of carbonyl (C=O) groups is 2. The SMILES string of the molecule is CN(C)CCCOc1cc(O)c2c(c1)C(=O)c1ccccc1C2=O. The molecule has 0 radical (unpaired) electrons. The molecule has 1 aliphatic carbocycles. The van der Waals surface area contributed by atoms with Gasteiger partial charge in [-0.3, -0.25) is 9.59 Å². The highest BCUT2D eigenvalue weighted by Gasteiger charge is 2.32. The summed E-state index contributed by atoms with van der Waals surface area (Å²) in [4.78, 5) is 27.3. The largest absolute Gasteiger partial charge is 0.507 e. The standard InChI is InChI=1S/C19H19NO4/c1-20(2)8-5-9-24-12-10-15-17(16(21)11-12)19(23)14-7-4-3-6-13(14)18(15)22/h3-4,6-7,10-11,21H,5,8-9H2,1-2H3. The van der Waals surface area contributed by atoms with Gasteiger partial charge in [0.25, 0.3) is 0 Å². The number of benzene rings is 2. The highest BCUT2D eigenvalue weighted by atomic mass is 16.5. The van der Waals surface area contributed by atoms with Gasteiger partial charge in [0, 0.05) is 29.3 Å². The molecule has 0 heterocycles. The van der Waals surface area contributed by atoms with Crippen LogP contribution in [0.5, 0.6) is 11.5 Å². The Bertz CT molecular complexity index is 811. The molecule has 0 spiro atoms. The van der Waals surface area contributed by atoms with Crippen LogP contribution in [-0.4, -0.2) is 48.8 Å². The second-order valence-corrected chi connectivity index (χ2v) is 6.07. The Morgan fingerprint density at radius 2 is 1.67 bits per heavy atom. The van der Waals surface area contributed by atoms with Gasteiger partial charge in [-0.05, 0) is 26.6 Å². The number of hydrogen-bond donors (Lipinski definition) is 1. The van der Waals surface area contributed by atoms with E-state index < -0.39 is 0 Å². The molecule has 5 heteroatoms. The molecule has 0 saturated heterocycles. The zero-order chi connectivity index (χ0) is 17.3. The van der Waals surface area contributed by atoms with Crippen molar-refractivity contribution in [2.45, 2.75) is 6.42 Å². The van der Waals surface area contributed by atoms with E-state index in [1.807, 2.05) is 19.0 Å². The van der Waals surface area contributed by atoms with Gasteiger partial charge in [-0.1, -0.05) is 24.3 Å². The summed E-state index contributed by atoms with van der Waals surface area (Å²) in [5, 5.41) is 10.2. The normalized spacial score (nSPS) is 13.0. The number of phenols is 1. The average Bonchev–Trinajstić information content (AvgIpc) is 2.56. The maximum absolute atomic E-state index is 12.7. The Morgan fingerprint density at radius 1 is 1.00 bits per heavy atom. The summed E-state index contributed by atoms with van der Waals surface area (Å²) in [6.07, 6.45) is 0.820. The molecule has 0 unspecified atom stereocenters. The van der Waals surface area contributed by atoms with Crippen molar-refractivity contribution in [3.8, 4) is 11.5 Å². The minimum absolute atomic E-state index is 0.0549. The molecule has 2 aromatic carbocycles. The average molecular weight is 325 g/mol. The molecule has 0 amide bonds. The van der Waals surface area contributed by atoms with Gasteiger partial charge in [0.1, 0.15) is 11.5 Å². The summed E-state index contributed by atoms with van der Waals surface area (Å²) in [5.41, 5.74) is 0.935. The minimum Gasteiger partial charge on any atom is -0.507 e. The quantitative estimate of drug-likeness (QED) is 0.730. The number of fused-ring (bicyclic) bond motifs is 2. The first-order valence-corrected chi connectivity index (χ1v) is 7.82. The van der Waals surface area contributed by atoms with E-state index in [0.29, 0.717) is 23.5 Å². The fourth-order valence-corrected chi connectivity index (χ4v) is 2.83. The van der Waals surface area contributed by atoms with Crippen molar-refractivity contribution >= 4 is 11.6 Å². The van der Waals surface area contributed by atoms with Gasteiger partial charge in [-0.2, -0.15) is 0 Å². The molecule has 0 aromatic heterocycles. The molecular formula is C19H19NO4. The summed E-state index contributed by atoms with van der Waals surface area (Å²) >= 11 is 0. The summed E-state index contributed by atoms with van der Waals surface area (Å²) in [7, 11) is 3.96. The lowest BCUT2D eigenvalue weighted by Gasteiger charge is -2.19. The zero-order valence-corrected chi connectivity index (χ0v) is 13.7. The molecule has 0 saturated carbocycles. The zero-order valence-electron chi connectivity index (χ0n) is 13.7. The third-order valence-electron chi connectivity index (χ3n) is 4.00. The lowest BCUT2D eigenvalue weighted by Crippen LogP contribution is -2.21. The second kappa shape index (κ2) is 6.45. The molecule has 0 fully saturated rings. The number of carbonyl (C=O) groups excluding carboxylic acids is 2. The van der Waals surface area contributed by atoms with Gasteiger partial charge in [0.2, 0.25) is 0 Å². The Balaban J connectivity index is 1.90. The maximum Gasteiger partial charge on any atom is 0.198 e. The third kappa shape index (κ3) is 2.90. The Labute approximate surface area is 140 Å². The first-order valence-electron chi connectivity index (χ1n) is 7.82. The third-order valence-corrected chi connectivity index (χ3v) is 4.00. The Morgan fingerprint density at radius 3 is 2.33 bits per heavy atom. The second-order valence-electron chi connectivity index (χ2n) is 6.07. The van der Waals surface area contributed by atoms with Crippen molar-refractivity contribution in [1.82, 2.24) is 4.90 Å². The van der Waals surface area contributed by atoms with Crippen LogP contribution in [0.25, 0.3) is 0 Å². The number of ketones is 2. The molecule has 5 nitrogen and oxygen atoms in total. The van der Waals surface area contributed by atoms with E-state index >= 15 is 0 Å². The van der Waals surface area contributed by atoms with Crippen LogP contribution in [0.1, 0.15) is 38.3 Å². The smallest absolute Gasteiger partial charge is 0.198 e. The van der Waals surface area contributed by atoms with Gasteiger partial charge >= 0.3 is 0 Å². The number of hydrogen-bond acceptors (Lipinski definition) is 5. The Kier molecular flexibility index (Phi) is 4.36. The monoisotopic (exact) mass is 325 g/mol. The van der Waals surface area contributed by atoms with E-state index in [-0.39, 0.29) is 28.4 Å². The van der Waals surface area contributed by atoms with E-state index in [0.717, 1.165) is 13.0 Å². The van der Waals surface area contributed by atoms with Gasteiger partial charge in [-0.25, -0.2) is 0 Å². The molecule has 0 atom stereocenters. The van der Waals surface area contributed by atoms with Crippen molar-refractivity contribution in [3.63, 3.8) is 0 Å². The summed E-state index contributed by atoms with van der Waals surface area (Å²) in [6, 6.07) is 9.59. The number of nitrogens with zero attached hydrogens (tertiary/aromatic N) is 1. The van der Waals surface area contributed by atoms with E-state index in [9.17, 15) is 14.7 Å². The van der Waals surface area contributed by atoms with Gasteiger partial charge in [0.15, 0.2) is 11.6 Å². The van der Waals surface area contributed by atoms with Crippen LogP contribution >= 0.6 is 0 Å². The van der Waals surface area contributed by atoms with E-state index in [2.05, 4.69) is 0 Å². The molecule has 1 N–H and O–H groups in total. The van der Waals surface area contributed by atoms with Crippen LogP contribution in [-0.2, 0) is 0 Å². The van der Waals surface area contributed by atoms with Gasteiger partial charge < -0.3 is 14.7 Å². The molecule has 2 aromatic rings. The molecule has 0 aliphatic heterocycles. The first-order chi connectivity index (χ1) is 11.5.